The Hall–Kier alpha value is -0.870. The molecule has 0 aliphatic carbocycles. The molecule has 0 aromatic carbocycles. The summed E-state index contributed by atoms with van der Waals surface area (Å²) in [5.41, 5.74) is 0.754. The molecule has 16 heavy (non-hydrogen) atoms. The van der Waals surface area contributed by atoms with Gasteiger partial charge in [-0.25, -0.2) is 4.79 Å². The van der Waals surface area contributed by atoms with Crippen molar-refractivity contribution in [2.45, 2.75) is 39.7 Å². The normalized spacial score (nSPS) is 14.2. The minimum absolute atomic E-state index is 0.316. The number of nitrogens with one attached hydrogen (secondary N) is 1. The molecule has 0 saturated heterocycles. The molecule has 1 atom stereocenters. The SMILES string of the molecule is CCC(CC)C(O)CNCC(C)=CC(=O)O. The summed E-state index contributed by atoms with van der Waals surface area (Å²) in [5.74, 6) is -0.615. The first kappa shape index (κ1) is 15.1. The van der Waals surface area contributed by atoms with Crippen molar-refractivity contribution in [3.8, 4) is 0 Å². The molecule has 0 aliphatic rings. The van der Waals surface area contributed by atoms with E-state index in [-0.39, 0.29) is 6.10 Å². The number of hydrogen-bond acceptors (Lipinski definition) is 3. The summed E-state index contributed by atoms with van der Waals surface area (Å²) in [5, 5.41) is 21.4. The molecule has 94 valence electrons. The third-order valence-corrected chi connectivity index (χ3v) is 2.72. The average Bonchev–Trinajstić information content (AvgIpc) is 2.18. The van der Waals surface area contributed by atoms with Gasteiger partial charge in [0, 0.05) is 19.2 Å². The molecule has 0 saturated carbocycles. The van der Waals surface area contributed by atoms with E-state index in [1.807, 2.05) is 0 Å². The molecule has 0 bridgehead atoms. The molecular formula is C12H23NO3. The van der Waals surface area contributed by atoms with E-state index in [1.165, 1.54) is 6.08 Å². The molecule has 0 rings (SSSR count). The zero-order chi connectivity index (χ0) is 12.6. The monoisotopic (exact) mass is 229 g/mol. The van der Waals surface area contributed by atoms with Gasteiger partial charge >= 0.3 is 5.97 Å². The molecule has 1 unspecified atom stereocenters. The van der Waals surface area contributed by atoms with Gasteiger partial charge in [-0.05, 0) is 12.8 Å². The lowest BCUT2D eigenvalue weighted by Gasteiger charge is -2.20. The highest BCUT2D eigenvalue weighted by molar-refractivity contribution is 5.80. The van der Waals surface area contributed by atoms with Gasteiger partial charge in [0.1, 0.15) is 0 Å². The van der Waals surface area contributed by atoms with E-state index in [0.717, 1.165) is 18.4 Å². The fourth-order valence-electron chi connectivity index (χ4n) is 1.68. The Morgan fingerprint density at radius 3 is 2.38 bits per heavy atom. The Kier molecular flexibility index (Phi) is 7.85. The van der Waals surface area contributed by atoms with Crippen LogP contribution in [0.4, 0.5) is 0 Å². The van der Waals surface area contributed by atoms with Crippen LogP contribution in [-0.4, -0.2) is 35.4 Å². The van der Waals surface area contributed by atoms with Crippen LogP contribution in [0.15, 0.2) is 11.6 Å². The number of rotatable bonds is 8. The molecule has 0 heterocycles. The third-order valence-electron chi connectivity index (χ3n) is 2.72. The predicted octanol–water partition coefficient (Wildman–Crippen LogP) is 1.40. The Labute approximate surface area is 97.4 Å². The van der Waals surface area contributed by atoms with Crippen LogP contribution in [0.5, 0.6) is 0 Å². The number of hydrogen-bond donors (Lipinski definition) is 3. The molecule has 0 spiro atoms. The fraction of sp³-hybridized carbons (Fsp3) is 0.750. The van der Waals surface area contributed by atoms with Crippen LogP contribution in [0.3, 0.4) is 0 Å². The van der Waals surface area contributed by atoms with Gasteiger partial charge in [0.25, 0.3) is 0 Å². The summed E-state index contributed by atoms with van der Waals surface area (Å²) in [4.78, 5) is 10.4. The van der Waals surface area contributed by atoms with Crippen molar-refractivity contribution >= 4 is 5.97 Å². The van der Waals surface area contributed by atoms with Crippen LogP contribution in [0, 0.1) is 5.92 Å². The zero-order valence-corrected chi connectivity index (χ0v) is 10.4. The minimum Gasteiger partial charge on any atom is -0.478 e. The maximum Gasteiger partial charge on any atom is 0.328 e. The standard InChI is InChI=1S/C12H23NO3/c1-4-10(5-2)11(14)8-13-7-9(3)6-12(15)16/h6,10-11,13-14H,4-5,7-8H2,1-3H3,(H,15,16). The second-order valence-corrected chi connectivity index (χ2v) is 4.10. The number of carbonyl (C=O) groups is 1. The van der Waals surface area contributed by atoms with Crippen molar-refractivity contribution in [3.63, 3.8) is 0 Å². The lowest BCUT2D eigenvalue weighted by atomic mass is 9.96. The van der Waals surface area contributed by atoms with Crippen molar-refractivity contribution in [3.05, 3.63) is 11.6 Å². The highest BCUT2D eigenvalue weighted by atomic mass is 16.4. The summed E-state index contributed by atoms with van der Waals surface area (Å²) in [6.07, 6.45) is 2.75. The quantitative estimate of drug-likeness (QED) is 0.550. The van der Waals surface area contributed by atoms with Crippen molar-refractivity contribution in [2.75, 3.05) is 13.1 Å². The number of carboxylic acids is 1. The molecule has 4 heteroatoms. The summed E-state index contributed by atoms with van der Waals surface area (Å²) >= 11 is 0. The van der Waals surface area contributed by atoms with Crippen molar-refractivity contribution in [1.82, 2.24) is 5.32 Å². The van der Waals surface area contributed by atoms with Gasteiger partial charge in [0.15, 0.2) is 0 Å². The molecule has 3 N–H and O–H groups in total. The molecule has 0 fully saturated rings. The van der Waals surface area contributed by atoms with E-state index >= 15 is 0 Å². The van der Waals surface area contributed by atoms with E-state index in [2.05, 4.69) is 19.2 Å². The van der Waals surface area contributed by atoms with E-state index < -0.39 is 5.97 Å². The smallest absolute Gasteiger partial charge is 0.328 e. The number of aliphatic carboxylic acids is 1. The van der Waals surface area contributed by atoms with E-state index in [9.17, 15) is 9.90 Å². The first-order valence-corrected chi connectivity index (χ1v) is 5.80. The summed E-state index contributed by atoms with van der Waals surface area (Å²) in [6, 6.07) is 0. The lowest BCUT2D eigenvalue weighted by molar-refractivity contribution is -0.131. The Bertz CT molecular complexity index is 234. The second-order valence-electron chi connectivity index (χ2n) is 4.10. The molecule has 4 nitrogen and oxygen atoms in total. The van der Waals surface area contributed by atoms with E-state index in [1.54, 1.807) is 6.92 Å². The largest absolute Gasteiger partial charge is 0.478 e. The first-order chi connectivity index (χ1) is 7.51. The highest BCUT2D eigenvalue weighted by Gasteiger charge is 2.14. The lowest BCUT2D eigenvalue weighted by Crippen LogP contribution is -2.33. The predicted molar refractivity (Wildman–Crippen MR) is 64.3 cm³/mol. The van der Waals surface area contributed by atoms with Crippen LogP contribution >= 0.6 is 0 Å². The van der Waals surface area contributed by atoms with Crippen molar-refractivity contribution in [1.29, 1.82) is 0 Å². The van der Waals surface area contributed by atoms with E-state index in [4.69, 9.17) is 5.11 Å². The highest BCUT2D eigenvalue weighted by Crippen LogP contribution is 2.12. The summed E-state index contributed by atoms with van der Waals surface area (Å²) in [6.45, 7) is 6.89. The number of carboxylic acid groups (broad SMARTS) is 1. The minimum atomic E-state index is -0.931. The summed E-state index contributed by atoms with van der Waals surface area (Å²) < 4.78 is 0. The topological polar surface area (TPSA) is 69.6 Å². The average molecular weight is 229 g/mol. The maximum atomic E-state index is 10.4. The Balaban J connectivity index is 3.85. The van der Waals surface area contributed by atoms with Gasteiger partial charge in [0.2, 0.25) is 0 Å². The van der Waals surface area contributed by atoms with Crippen molar-refractivity contribution in [2.24, 2.45) is 5.92 Å². The van der Waals surface area contributed by atoms with Crippen LogP contribution in [0.2, 0.25) is 0 Å². The number of aliphatic hydroxyl groups is 1. The van der Waals surface area contributed by atoms with Gasteiger partial charge in [-0.2, -0.15) is 0 Å². The third kappa shape index (κ3) is 6.58. The van der Waals surface area contributed by atoms with Gasteiger partial charge in [0.05, 0.1) is 6.10 Å². The fourth-order valence-corrected chi connectivity index (χ4v) is 1.68. The van der Waals surface area contributed by atoms with Gasteiger partial charge in [-0.15, -0.1) is 0 Å². The van der Waals surface area contributed by atoms with Gasteiger partial charge in [-0.3, -0.25) is 0 Å². The molecule has 0 radical (unpaired) electrons. The Morgan fingerprint density at radius 2 is 1.94 bits per heavy atom. The van der Waals surface area contributed by atoms with Crippen LogP contribution < -0.4 is 5.32 Å². The van der Waals surface area contributed by atoms with Gasteiger partial charge in [-0.1, -0.05) is 32.3 Å². The van der Waals surface area contributed by atoms with Crippen LogP contribution in [-0.2, 0) is 4.79 Å². The molecule has 0 amide bonds. The molecular weight excluding hydrogens is 206 g/mol. The molecule has 0 aromatic heterocycles. The van der Waals surface area contributed by atoms with Crippen molar-refractivity contribution < 1.29 is 15.0 Å². The molecule has 0 aromatic rings. The Morgan fingerprint density at radius 1 is 1.38 bits per heavy atom. The number of aliphatic hydroxyl groups excluding tert-OH is 1. The second kappa shape index (κ2) is 8.30. The first-order valence-electron chi connectivity index (χ1n) is 5.80. The maximum absolute atomic E-state index is 10.4. The van der Waals surface area contributed by atoms with E-state index in [0.29, 0.717) is 19.0 Å². The van der Waals surface area contributed by atoms with Crippen LogP contribution in [0.25, 0.3) is 0 Å². The zero-order valence-electron chi connectivity index (χ0n) is 10.4. The van der Waals surface area contributed by atoms with Crippen LogP contribution in [0.1, 0.15) is 33.6 Å². The molecule has 0 aliphatic heterocycles. The summed E-state index contributed by atoms with van der Waals surface area (Å²) in [7, 11) is 0. The van der Waals surface area contributed by atoms with Gasteiger partial charge < -0.3 is 15.5 Å².